The molecule has 2 aliphatic rings. The van der Waals surface area contributed by atoms with Gasteiger partial charge in [-0.2, -0.15) is 4.98 Å². The average molecular weight is 278 g/mol. The zero-order valence-corrected chi connectivity index (χ0v) is 12.1. The van der Waals surface area contributed by atoms with E-state index in [1.54, 1.807) is 0 Å². The smallest absolute Gasteiger partial charge is 0.292 e. The van der Waals surface area contributed by atoms with Crippen LogP contribution in [-0.2, 0) is 0 Å². The fourth-order valence-electron chi connectivity index (χ4n) is 3.18. The third-order valence-electron chi connectivity index (χ3n) is 4.57. The van der Waals surface area contributed by atoms with Crippen molar-refractivity contribution in [2.75, 3.05) is 6.54 Å². The third kappa shape index (κ3) is 2.57. The Morgan fingerprint density at radius 1 is 1.40 bits per heavy atom. The molecule has 110 valence electrons. The second-order valence-corrected chi connectivity index (χ2v) is 6.51. The van der Waals surface area contributed by atoms with Gasteiger partial charge in [0.05, 0.1) is 6.04 Å². The van der Waals surface area contributed by atoms with Crippen LogP contribution in [0.15, 0.2) is 4.52 Å². The van der Waals surface area contributed by atoms with Crippen molar-refractivity contribution in [1.82, 2.24) is 20.8 Å². The first-order chi connectivity index (χ1) is 9.56. The average Bonchev–Trinajstić information content (AvgIpc) is 3.10. The van der Waals surface area contributed by atoms with Crippen LogP contribution < -0.4 is 10.6 Å². The Hall–Kier alpha value is -1.43. The molecule has 2 N–H and O–H groups in total. The molecule has 6 heteroatoms. The number of carbonyl (C=O) groups excluding carboxylic acids is 1. The Morgan fingerprint density at radius 3 is 2.90 bits per heavy atom. The van der Waals surface area contributed by atoms with Crippen molar-refractivity contribution >= 4 is 5.91 Å². The van der Waals surface area contributed by atoms with Gasteiger partial charge in [-0.15, -0.1) is 0 Å². The van der Waals surface area contributed by atoms with Crippen molar-refractivity contribution in [3.63, 3.8) is 0 Å². The molecule has 6 nitrogen and oxygen atoms in total. The Bertz CT molecular complexity index is 491. The molecule has 0 spiro atoms. The van der Waals surface area contributed by atoms with Crippen molar-refractivity contribution in [2.45, 2.75) is 58.0 Å². The summed E-state index contributed by atoms with van der Waals surface area (Å²) < 4.78 is 5.20. The molecular weight excluding hydrogens is 256 g/mol. The molecule has 1 aliphatic carbocycles. The van der Waals surface area contributed by atoms with Crippen LogP contribution in [0.25, 0.3) is 0 Å². The van der Waals surface area contributed by atoms with Crippen molar-refractivity contribution in [3.8, 4) is 0 Å². The topological polar surface area (TPSA) is 80.0 Å². The van der Waals surface area contributed by atoms with Gasteiger partial charge in [0.25, 0.3) is 11.7 Å². The van der Waals surface area contributed by atoms with Gasteiger partial charge in [-0.05, 0) is 37.6 Å². The van der Waals surface area contributed by atoms with Gasteiger partial charge in [-0.1, -0.05) is 25.4 Å². The largest absolute Gasteiger partial charge is 0.346 e. The number of nitrogens with one attached hydrogen (secondary N) is 2. The molecule has 1 aliphatic heterocycles. The maximum atomic E-state index is 12.2. The lowest BCUT2D eigenvalue weighted by Crippen LogP contribution is -2.41. The second-order valence-electron chi connectivity index (χ2n) is 6.51. The van der Waals surface area contributed by atoms with Crippen LogP contribution in [0.1, 0.15) is 68.5 Å². The van der Waals surface area contributed by atoms with E-state index in [-0.39, 0.29) is 29.2 Å². The van der Waals surface area contributed by atoms with Gasteiger partial charge in [0.1, 0.15) is 0 Å². The molecule has 0 aromatic carbocycles. The number of hydrogen-bond donors (Lipinski definition) is 2. The highest BCUT2D eigenvalue weighted by Crippen LogP contribution is 2.37. The second kappa shape index (κ2) is 5.16. The van der Waals surface area contributed by atoms with Gasteiger partial charge < -0.3 is 15.2 Å². The summed E-state index contributed by atoms with van der Waals surface area (Å²) >= 11 is 0. The number of rotatable bonds is 3. The first-order valence-electron chi connectivity index (χ1n) is 7.44. The lowest BCUT2D eigenvalue weighted by Gasteiger charge is -2.27. The first kappa shape index (κ1) is 13.5. The van der Waals surface area contributed by atoms with Gasteiger partial charge in [0.15, 0.2) is 0 Å². The molecule has 1 amide bonds. The third-order valence-corrected chi connectivity index (χ3v) is 4.57. The highest BCUT2D eigenvalue weighted by Gasteiger charge is 2.36. The van der Waals surface area contributed by atoms with Crippen LogP contribution in [0.5, 0.6) is 0 Å². The molecule has 2 fully saturated rings. The summed E-state index contributed by atoms with van der Waals surface area (Å²) in [6.45, 7) is 5.34. The Balaban J connectivity index is 1.65. The van der Waals surface area contributed by atoms with Crippen molar-refractivity contribution < 1.29 is 9.32 Å². The molecule has 0 bridgehead atoms. The summed E-state index contributed by atoms with van der Waals surface area (Å²) in [6.07, 6.45) is 5.40. The van der Waals surface area contributed by atoms with E-state index in [1.807, 2.05) is 0 Å². The first-order valence-corrected chi connectivity index (χ1v) is 7.44. The van der Waals surface area contributed by atoms with Crippen LogP contribution >= 0.6 is 0 Å². The van der Waals surface area contributed by atoms with Crippen LogP contribution in [0.3, 0.4) is 0 Å². The lowest BCUT2D eigenvalue weighted by atomic mass is 9.87. The van der Waals surface area contributed by atoms with Crippen LogP contribution in [0, 0.1) is 5.41 Å². The quantitative estimate of drug-likeness (QED) is 0.881. The van der Waals surface area contributed by atoms with E-state index < -0.39 is 0 Å². The van der Waals surface area contributed by atoms with E-state index in [2.05, 4.69) is 34.6 Å². The van der Waals surface area contributed by atoms with Gasteiger partial charge in [0, 0.05) is 6.04 Å². The molecule has 20 heavy (non-hydrogen) atoms. The minimum absolute atomic E-state index is 0.104. The van der Waals surface area contributed by atoms with E-state index in [1.165, 1.54) is 0 Å². The number of hydrogen-bond acceptors (Lipinski definition) is 5. The molecular formula is C14H22N4O2. The maximum Gasteiger partial charge on any atom is 0.292 e. The number of aromatic nitrogens is 2. The monoisotopic (exact) mass is 278 g/mol. The predicted octanol–water partition coefficient (Wildman–Crippen LogP) is 1.80. The fourth-order valence-corrected chi connectivity index (χ4v) is 3.18. The fraction of sp³-hybridized carbons (Fsp3) is 0.786. The Morgan fingerprint density at radius 2 is 2.25 bits per heavy atom. The van der Waals surface area contributed by atoms with E-state index in [4.69, 9.17) is 4.52 Å². The SMILES string of the molecule is CC1(C)CCCC1NC(=O)c1noc(C2CCCN2)n1. The zero-order chi connectivity index (χ0) is 14.2. The standard InChI is InChI=1S/C14H22N4O2/c1-14(2)7-3-6-10(14)16-12(19)11-17-13(20-18-11)9-5-4-8-15-9/h9-10,15H,3-8H2,1-2H3,(H,16,19). The van der Waals surface area contributed by atoms with Crippen molar-refractivity contribution in [1.29, 1.82) is 0 Å². The van der Waals surface area contributed by atoms with Crippen LogP contribution in [-0.4, -0.2) is 28.6 Å². The highest BCUT2D eigenvalue weighted by atomic mass is 16.5. The summed E-state index contributed by atoms with van der Waals surface area (Å²) in [6, 6.07) is 0.300. The normalized spacial score (nSPS) is 28.7. The molecule has 2 unspecified atom stereocenters. The van der Waals surface area contributed by atoms with Crippen molar-refractivity contribution in [2.24, 2.45) is 5.41 Å². The number of amides is 1. The van der Waals surface area contributed by atoms with Crippen LogP contribution in [0.4, 0.5) is 0 Å². The molecule has 1 saturated heterocycles. The number of carbonyl (C=O) groups is 1. The minimum Gasteiger partial charge on any atom is -0.346 e. The maximum absolute atomic E-state index is 12.2. The Labute approximate surface area is 118 Å². The predicted molar refractivity (Wildman–Crippen MR) is 73.2 cm³/mol. The van der Waals surface area contributed by atoms with Crippen molar-refractivity contribution in [3.05, 3.63) is 11.7 Å². The number of nitrogens with zero attached hydrogens (tertiary/aromatic N) is 2. The molecule has 0 radical (unpaired) electrons. The highest BCUT2D eigenvalue weighted by molar-refractivity contribution is 5.90. The molecule has 1 aromatic heterocycles. The van der Waals surface area contributed by atoms with Crippen LogP contribution in [0.2, 0.25) is 0 Å². The van der Waals surface area contributed by atoms with Gasteiger partial charge in [-0.3, -0.25) is 4.79 Å². The molecule has 1 saturated carbocycles. The molecule has 2 atom stereocenters. The summed E-state index contributed by atoms with van der Waals surface area (Å²) in [7, 11) is 0. The molecule has 2 heterocycles. The molecule has 3 rings (SSSR count). The molecule has 1 aromatic rings. The summed E-state index contributed by atoms with van der Waals surface area (Å²) in [5, 5.41) is 10.1. The van der Waals surface area contributed by atoms with E-state index >= 15 is 0 Å². The van der Waals surface area contributed by atoms with E-state index in [0.717, 1.165) is 38.6 Å². The van der Waals surface area contributed by atoms with E-state index in [0.29, 0.717) is 5.89 Å². The van der Waals surface area contributed by atoms with Gasteiger partial charge >= 0.3 is 0 Å². The van der Waals surface area contributed by atoms with Gasteiger partial charge in [0.2, 0.25) is 5.89 Å². The van der Waals surface area contributed by atoms with E-state index in [9.17, 15) is 4.79 Å². The minimum atomic E-state index is -0.224. The zero-order valence-electron chi connectivity index (χ0n) is 12.1. The lowest BCUT2D eigenvalue weighted by molar-refractivity contribution is 0.0896. The summed E-state index contributed by atoms with van der Waals surface area (Å²) in [5.74, 6) is 0.452. The summed E-state index contributed by atoms with van der Waals surface area (Å²) in [5.41, 5.74) is 0.148. The van der Waals surface area contributed by atoms with Gasteiger partial charge in [-0.25, -0.2) is 0 Å². The Kier molecular flexibility index (Phi) is 3.50. The summed E-state index contributed by atoms with van der Waals surface area (Å²) in [4.78, 5) is 16.4.